The van der Waals surface area contributed by atoms with Gasteiger partial charge in [-0.3, -0.25) is 0 Å². The molecule has 1 heterocycles. The van der Waals surface area contributed by atoms with E-state index < -0.39 is 15.1 Å². The van der Waals surface area contributed by atoms with E-state index >= 15 is 0 Å². The van der Waals surface area contributed by atoms with Crippen molar-refractivity contribution in [2.75, 3.05) is 13.3 Å². The molecule has 94 valence electrons. The van der Waals surface area contributed by atoms with Gasteiger partial charge >= 0.3 is 0 Å². The molecule has 1 aliphatic rings. The molecule has 0 fully saturated rings. The minimum absolute atomic E-state index is 0.118. The van der Waals surface area contributed by atoms with Crippen LogP contribution in [0.2, 0.25) is 0 Å². The maximum absolute atomic E-state index is 12.2. The lowest BCUT2D eigenvalue weighted by molar-refractivity contribution is 0.174. The summed E-state index contributed by atoms with van der Waals surface area (Å²) in [6.07, 6.45) is 0.493. The van der Waals surface area contributed by atoms with Gasteiger partial charge in [0, 0.05) is 12.6 Å². The number of hydrogen-bond acceptors (Lipinski definition) is 5. The topological polar surface area (TPSA) is 78.6 Å². The van der Waals surface area contributed by atoms with Crippen LogP contribution in [0.1, 0.15) is 13.3 Å². The molecule has 1 aromatic rings. The molecule has 1 aromatic carbocycles. The van der Waals surface area contributed by atoms with Crippen LogP contribution in [0.5, 0.6) is 11.5 Å². The molecule has 0 bridgehead atoms. The van der Waals surface area contributed by atoms with Crippen LogP contribution in [-0.2, 0) is 9.84 Å². The van der Waals surface area contributed by atoms with Crippen molar-refractivity contribution >= 4 is 9.84 Å². The monoisotopic (exact) mass is 257 g/mol. The average molecular weight is 257 g/mol. The normalized spacial score (nSPS) is 15.9. The van der Waals surface area contributed by atoms with E-state index in [1.807, 2.05) is 6.92 Å². The third-order valence-electron chi connectivity index (χ3n) is 2.83. The Hall–Kier alpha value is -1.27. The standard InChI is InChI=1S/C11H15NO4S/c1-2-8(6-12)17(13,14)9-3-4-10-11(5-9)16-7-15-10/h3-5,8H,2,6-7,12H2,1H3. The lowest BCUT2D eigenvalue weighted by Gasteiger charge is -2.13. The fraction of sp³-hybridized carbons (Fsp3) is 0.455. The highest BCUT2D eigenvalue weighted by atomic mass is 32.2. The van der Waals surface area contributed by atoms with Crippen LogP contribution < -0.4 is 15.2 Å². The summed E-state index contributed by atoms with van der Waals surface area (Å²) < 4.78 is 34.7. The minimum atomic E-state index is -3.38. The highest BCUT2D eigenvalue weighted by molar-refractivity contribution is 7.92. The lowest BCUT2D eigenvalue weighted by Crippen LogP contribution is -2.29. The Kier molecular flexibility index (Phi) is 3.26. The van der Waals surface area contributed by atoms with Gasteiger partial charge < -0.3 is 15.2 Å². The molecule has 17 heavy (non-hydrogen) atoms. The van der Waals surface area contributed by atoms with Crippen LogP contribution in [0.3, 0.4) is 0 Å². The predicted molar refractivity (Wildman–Crippen MR) is 62.9 cm³/mol. The fourth-order valence-electron chi connectivity index (χ4n) is 1.76. The fourth-order valence-corrected chi connectivity index (χ4v) is 3.37. The van der Waals surface area contributed by atoms with E-state index in [0.717, 1.165) is 0 Å². The quantitative estimate of drug-likeness (QED) is 0.868. The van der Waals surface area contributed by atoms with Crippen molar-refractivity contribution in [3.05, 3.63) is 18.2 Å². The van der Waals surface area contributed by atoms with Gasteiger partial charge in [-0.2, -0.15) is 0 Å². The maximum atomic E-state index is 12.2. The molecule has 0 radical (unpaired) electrons. The smallest absolute Gasteiger partial charge is 0.231 e. The van der Waals surface area contributed by atoms with Gasteiger partial charge in [-0.25, -0.2) is 8.42 Å². The van der Waals surface area contributed by atoms with Gasteiger partial charge in [0.1, 0.15) is 0 Å². The van der Waals surface area contributed by atoms with Crippen LogP contribution in [0.25, 0.3) is 0 Å². The second-order valence-corrected chi connectivity index (χ2v) is 6.05. The second kappa shape index (κ2) is 4.54. The number of nitrogens with two attached hydrogens (primary N) is 1. The Morgan fingerprint density at radius 1 is 1.35 bits per heavy atom. The first kappa shape index (κ1) is 12.2. The van der Waals surface area contributed by atoms with E-state index in [9.17, 15) is 8.42 Å². The molecule has 0 aromatic heterocycles. The zero-order valence-electron chi connectivity index (χ0n) is 9.55. The number of fused-ring (bicyclic) bond motifs is 1. The average Bonchev–Trinajstić information content (AvgIpc) is 2.77. The Morgan fingerprint density at radius 3 is 2.71 bits per heavy atom. The van der Waals surface area contributed by atoms with E-state index in [1.54, 1.807) is 6.07 Å². The van der Waals surface area contributed by atoms with Crippen LogP contribution in [0, 0.1) is 0 Å². The summed E-state index contributed by atoms with van der Waals surface area (Å²) in [7, 11) is -3.38. The van der Waals surface area contributed by atoms with Crippen LogP contribution in [-0.4, -0.2) is 27.0 Å². The number of ether oxygens (including phenoxy) is 2. The van der Waals surface area contributed by atoms with Crippen LogP contribution >= 0.6 is 0 Å². The van der Waals surface area contributed by atoms with Gasteiger partial charge in [0.05, 0.1) is 10.1 Å². The number of rotatable bonds is 4. The Bertz CT molecular complexity index is 508. The van der Waals surface area contributed by atoms with Crippen LogP contribution in [0.4, 0.5) is 0 Å². The molecular formula is C11H15NO4S. The zero-order chi connectivity index (χ0) is 12.5. The third kappa shape index (κ3) is 2.10. The van der Waals surface area contributed by atoms with Crippen LogP contribution in [0.15, 0.2) is 23.1 Å². The minimum Gasteiger partial charge on any atom is -0.454 e. The van der Waals surface area contributed by atoms with Crippen molar-refractivity contribution in [3.8, 4) is 11.5 Å². The maximum Gasteiger partial charge on any atom is 0.231 e. The molecule has 2 N–H and O–H groups in total. The van der Waals surface area contributed by atoms with Crippen molar-refractivity contribution in [1.29, 1.82) is 0 Å². The molecule has 0 spiro atoms. The summed E-state index contributed by atoms with van der Waals surface area (Å²) in [5.74, 6) is 1.04. The molecule has 1 atom stereocenters. The van der Waals surface area contributed by atoms with Crippen molar-refractivity contribution in [1.82, 2.24) is 0 Å². The van der Waals surface area contributed by atoms with Crippen molar-refractivity contribution < 1.29 is 17.9 Å². The molecule has 1 unspecified atom stereocenters. The number of hydrogen-bond donors (Lipinski definition) is 1. The summed E-state index contributed by atoms with van der Waals surface area (Å²) in [5, 5.41) is -0.553. The molecule has 5 nitrogen and oxygen atoms in total. The third-order valence-corrected chi connectivity index (χ3v) is 5.14. The van der Waals surface area contributed by atoms with E-state index in [2.05, 4.69) is 0 Å². The SMILES string of the molecule is CCC(CN)S(=O)(=O)c1ccc2c(c1)OCO2. The molecule has 1 aliphatic heterocycles. The second-order valence-electron chi connectivity index (χ2n) is 3.83. The van der Waals surface area contributed by atoms with E-state index in [-0.39, 0.29) is 18.2 Å². The molecular weight excluding hydrogens is 242 g/mol. The highest BCUT2D eigenvalue weighted by Gasteiger charge is 2.26. The summed E-state index contributed by atoms with van der Waals surface area (Å²) in [4.78, 5) is 0.235. The lowest BCUT2D eigenvalue weighted by atomic mass is 10.3. The first-order valence-corrected chi connectivity index (χ1v) is 6.97. The Balaban J connectivity index is 2.40. The number of sulfone groups is 1. The van der Waals surface area contributed by atoms with Crippen molar-refractivity contribution in [3.63, 3.8) is 0 Å². The van der Waals surface area contributed by atoms with Gasteiger partial charge in [0.2, 0.25) is 6.79 Å². The summed E-state index contributed by atoms with van der Waals surface area (Å²) in [6.45, 7) is 2.06. The van der Waals surface area contributed by atoms with Crippen molar-refractivity contribution in [2.45, 2.75) is 23.5 Å². The molecule has 0 saturated heterocycles. The predicted octanol–water partition coefficient (Wildman–Crippen LogP) is 0.926. The molecule has 0 amide bonds. The van der Waals surface area contributed by atoms with E-state index in [4.69, 9.17) is 15.2 Å². The molecule has 0 saturated carbocycles. The van der Waals surface area contributed by atoms with Gasteiger partial charge in [-0.1, -0.05) is 6.92 Å². The Labute approximate surface area is 100 Å². The number of benzene rings is 1. The first-order chi connectivity index (χ1) is 8.09. The van der Waals surface area contributed by atoms with Crippen molar-refractivity contribution in [2.24, 2.45) is 5.73 Å². The largest absolute Gasteiger partial charge is 0.454 e. The highest BCUT2D eigenvalue weighted by Crippen LogP contribution is 2.34. The van der Waals surface area contributed by atoms with Gasteiger partial charge in [0.15, 0.2) is 21.3 Å². The summed E-state index contributed by atoms with van der Waals surface area (Å²) in [6, 6.07) is 4.63. The van der Waals surface area contributed by atoms with Gasteiger partial charge in [-0.15, -0.1) is 0 Å². The zero-order valence-corrected chi connectivity index (χ0v) is 10.4. The summed E-state index contributed by atoms with van der Waals surface area (Å²) in [5.41, 5.74) is 5.48. The molecule has 0 aliphatic carbocycles. The Morgan fingerprint density at radius 2 is 2.06 bits per heavy atom. The van der Waals surface area contributed by atoms with E-state index in [0.29, 0.717) is 17.9 Å². The molecule has 2 rings (SSSR count). The molecule has 6 heteroatoms. The summed E-state index contributed by atoms with van der Waals surface area (Å²) >= 11 is 0. The van der Waals surface area contributed by atoms with Gasteiger partial charge in [0.25, 0.3) is 0 Å². The first-order valence-electron chi connectivity index (χ1n) is 5.43. The van der Waals surface area contributed by atoms with Gasteiger partial charge in [-0.05, 0) is 18.6 Å². The van der Waals surface area contributed by atoms with E-state index in [1.165, 1.54) is 12.1 Å².